The number of hydrogen-bond donors (Lipinski definition) is 1. The molecule has 0 bridgehead atoms. The maximum Gasteiger partial charge on any atom is 0.614 e. The first-order chi connectivity index (χ1) is 9.66. The van der Waals surface area contributed by atoms with Crippen LogP contribution in [0.25, 0.3) is 0 Å². The maximum absolute atomic E-state index is 11.7. The Morgan fingerprint density at radius 2 is 1.76 bits per heavy atom. The van der Waals surface area contributed by atoms with Crippen molar-refractivity contribution >= 4 is 34.1 Å². The molecule has 0 radical (unpaired) electrons. The average Bonchev–Trinajstić information content (AvgIpc) is 2.73. The van der Waals surface area contributed by atoms with Crippen molar-refractivity contribution in [3.63, 3.8) is 0 Å². The summed E-state index contributed by atoms with van der Waals surface area (Å²) in [5.74, 6) is -0.989. The topological polar surface area (TPSA) is 113 Å². The Balaban J connectivity index is 2.18. The van der Waals surface area contributed by atoms with Crippen LogP contribution in [0, 0.1) is 0 Å². The van der Waals surface area contributed by atoms with Gasteiger partial charge in [0.25, 0.3) is 0 Å². The SMILES string of the molecule is C[N+]12CC(=O)O[B-]1(c1cccc(S(N)(=O)=O)c1)OC(=O)C2. The number of nitrogens with zero attached hydrogens (tertiary/aromatic N) is 1. The van der Waals surface area contributed by atoms with Crippen LogP contribution in [0.5, 0.6) is 0 Å². The van der Waals surface area contributed by atoms with E-state index in [4.69, 9.17) is 14.4 Å². The van der Waals surface area contributed by atoms with E-state index in [9.17, 15) is 18.0 Å². The molecular weight excluding hydrogens is 299 g/mol. The molecule has 112 valence electrons. The third kappa shape index (κ3) is 1.94. The van der Waals surface area contributed by atoms with Crippen molar-refractivity contribution in [2.24, 2.45) is 5.14 Å². The molecule has 0 saturated carbocycles. The van der Waals surface area contributed by atoms with Gasteiger partial charge < -0.3 is 13.7 Å². The van der Waals surface area contributed by atoms with Gasteiger partial charge in [-0.3, -0.25) is 9.59 Å². The van der Waals surface area contributed by atoms with Gasteiger partial charge in [-0.25, -0.2) is 13.6 Å². The molecule has 2 aliphatic heterocycles. The Hall–Kier alpha value is -1.91. The summed E-state index contributed by atoms with van der Waals surface area (Å²) < 4.78 is 33.5. The molecule has 0 atom stereocenters. The van der Waals surface area contributed by atoms with E-state index in [0.29, 0.717) is 5.46 Å². The van der Waals surface area contributed by atoms with Gasteiger partial charge in [0.2, 0.25) is 10.0 Å². The average molecular weight is 312 g/mol. The fourth-order valence-electron chi connectivity index (χ4n) is 3.01. The van der Waals surface area contributed by atoms with Gasteiger partial charge >= 0.3 is 18.6 Å². The minimum Gasteiger partial charge on any atom is -0.596 e. The maximum atomic E-state index is 11.7. The third-order valence-corrected chi connectivity index (χ3v) is 4.90. The Bertz CT molecular complexity index is 742. The van der Waals surface area contributed by atoms with Crippen molar-refractivity contribution in [3.8, 4) is 0 Å². The van der Waals surface area contributed by atoms with Crippen LogP contribution in [0.15, 0.2) is 29.2 Å². The lowest BCUT2D eigenvalue weighted by molar-refractivity contribution is -0.791. The lowest BCUT2D eigenvalue weighted by Crippen LogP contribution is -2.67. The van der Waals surface area contributed by atoms with E-state index in [-0.39, 0.29) is 22.4 Å². The summed E-state index contributed by atoms with van der Waals surface area (Å²) in [6, 6.07) is 5.63. The summed E-state index contributed by atoms with van der Waals surface area (Å²) in [7, 11) is -2.25. The first-order valence-electron chi connectivity index (χ1n) is 6.22. The number of primary sulfonamides is 1. The third-order valence-electron chi connectivity index (χ3n) is 3.99. The number of likely N-dealkylation sites (N-methyl/N-ethyl adjacent to an activating group) is 1. The number of quaternary nitrogens is 1. The van der Waals surface area contributed by atoms with Crippen LogP contribution in [-0.2, 0) is 28.9 Å². The van der Waals surface area contributed by atoms with E-state index in [1.165, 1.54) is 18.2 Å². The van der Waals surface area contributed by atoms with Gasteiger partial charge in [-0.05, 0) is 11.5 Å². The summed E-state index contributed by atoms with van der Waals surface area (Å²) in [5.41, 5.74) is 0.320. The molecule has 0 spiro atoms. The number of rotatable bonds is 2. The molecule has 2 heterocycles. The highest BCUT2D eigenvalue weighted by molar-refractivity contribution is 7.89. The number of fused-ring (bicyclic) bond motifs is 1. The zero-order valence-corrected chi connectivity index (χ0v) is 12.0. The molecule has 2 aliphatic rings. The zero-order chi connectivity index (χ0) is 15.5. The second-order valence-corrected chi connectivity index (χ2v) is 7.13. The van der Waals surface area contributed by atoms with Gasteiger partial charge in [-0.1, -0.05) is 18.2 Å². The smallest absolute Gasteiger partial charge is 0.596 e. The van der Waals surface area contributed by atoms with Crippen LogP contribution < -0.4 is 10.6 Å². The summed E-state index contributed by atoms with van der Waals surface area (Å²) in [6.45, 7) is -2.46. The molecule has 1 aromatic rings. The summed E-state index contributed by atoms with van der Waals surface area (Å²) in [4.78, 5) is 23.2. The van der Waals surface area contributed by atoms with Crippen molar-refractivity contribution in [3.05, 3.63) is 24.3 Å². The van der Waals surface area contributed by atoms with Crippen molar-refractivity contribution < 1.29 is 31.7 Å². The molecule has 0 aromatic heterocycles. The van der Waals surface area contributed by atoms with Crippen molar-refractivity contribution in [1.29, 1.82) is 0 Å². The van der Waals surface area contributed by atoms with Crippen LogP contribution in [-0.4, -0.2) is 51.6 Å². The highest BCUT2D eigenvalue weighted by Gasteiger charge is 2.66. The highest BCUT2D eigenvalue weighted by Crippen LogP contribution is 2.33. The number of sulfonamides is 1. The summed E-state index contributed by atoms with van der Waals surface area (Å²) in [5, 5.41) is 5.11. The Morgan fingerprint density at radius 1 is 1.19 bits per heavy atom. The number of nitrogens with two attached hydrogens (primary N) is 1. The van der Waals surface area contributed by atoms with E-state index in [1.54, 1.807) is 13.1 Å². The molecule has 21 heavy (non-hydrogen) atoms. The monoisotopic (exact) mass is 312 g/mol. The zero-order valence-electron chi connectivity index (χ0n) is 11.2. The van der Waals surface area contributed by atoms with Crippen molar-refractivity contribution in [1.82, 2.24) is 0 Å². The standard InChI is InChI=1S/C11H13BN2O6S/c1-14-6-10(15)19-12(14,20-11(16)7-14)8-3-2-4-9(5-8)21(13,17)18/h2-5H,6-7H2,1H3,(H2,13,17,18). The van der Waals surface area contributed by atoms with Crippen molar-refractivity contribution in [2.75, 3.05) is 20.1 Å². The summed E-state index contributed by atoms with van der Waals surface area (Å²) in [6.07, 6.45) is 0. The molecule has 0 aliphatic carbocycles. The molecule has 2 N–H and O–H groups in total. The van der Waals surface area contributed by atoms with Gasteiger partial charge in [0, 0.05) is 7.05 Å². The van der Waals surface area contributed by atoms with Gasteiger partial charge in [0.1, 0.15) is 13.1 Å². The predicted molar refractivity (Wildman–Crippen MR) is 71.3 cm³/mol. The van der Waals surface area contributed by atoms with E-state index < -0.39 is 28.6 Å². The Morgan fingerprint density at radius 3 is 2.29 bits per heavy atom. The number of hydrogen-bond acceptors (Lipinski definition) is 6. The lowest BCUT2D eigenvalue weighted by atomic mass is 9.61. The van der Waals surface area contributed by atoms with Crippen LogP contribution in [0.1, 0.15) is 0 Å². The molecule has 0 unspecified atom stereocenters. The normalized spacial score (nSPS) is 31.7. The van der Waals surface area contributed by atoms with E-state index in [2.05, 4.69) is 0 Å². The minimum absolute atomic E-state index is 0.00859. The first-order valence-corrected chi connectivity index (χ1v) is 7.76. The van der Waals surface area contributed by atoms with E-state index in [0.717, 1.165) is 0 Å². The first kappa shape index (κ1) is 14.0. The summed E-state index contributed by atoms with van der Waals surface area (Å²) >= 11 is 0. The predicted octanol–water partition coefficient (Wildman–Crippen LogP) is -1.96. The molecule has 8 nitrogen and oxygen atoms in total. The van der Waals surface area contributed by atoms with E-state index in [1.807, 2.05) is 0 Å². The Kier molecular flexibility index (Phi) is 2.72. The van der Waals surface area contributed by atoms with Gasteiger partial charge in [0.05, 0.1) is 4.90 Å². The molecular formula is C11H13BN2O6S. The van der Waals surface area contributed by atoms with Crippen LogP contribution in [0.3, 0.4) is 0 Å². The van der Waals surface area contributed by atoms with Gasteiger partial charge in [-0.15, -0.1) is 0 Å². The second kappa shape index (κ2) is 4.06. The number of carbonyl (C=O) groups is 2. The molecule has 0 amide bonds. The van der Waals surface area contributed by atoms with Crippen LogP contribution in [0.4, 0.5) is 0 Å². The second-order valence-electron chi connectivity index (χ2n) is 5.56. The Labute approximate surface area is 121 Å². The molecule has 2 fully saturated rings. The van der Waals surface area contributed by atoms with Crippen LogP contribution >= 0.6 is 0 Å². The fourth-order valence-corrected chi connectivity index (χ4v) is 3.58. The molecule has 1 aromatic carbocycles. The van der Waals surface area contributed by atoms with Crippen molar-refractivity contribution in [2.45, 2.75) is 4.90 Å². The molecule has 2 saturated heterocycles. The highest BCUT2D eigenvalue weighted by atomic mass is 32.2. The quantitative estimate of drug-likeness (QED) is 0.635. The largest absolute Gasteiger partial charge is 0.614 e. The fraction of sp³-hybridized carbons (Fsp3) is 0.273. The van der Waals surface area contributed by atoms with E-state index >= 15 is 0 Å². The minimum atomic E-state index is -3.91. The molecule has 10 heteroatoms. The van der Waals surface area contributed by atoms with Crippen LogP contribution in [0.2, 0.25) is 0 Å². The number of benzene rings is 1. The molecule has 3 rings (SSSR count). The number of carbonyl (C=O) groups excluding carboxylic acids is 2. The lowest BCUT2D eigenvalue weighted by Gasteiger charge is -2.40. The van der Waals surface area contributed by atoms with Gasteiger partial charge in [-0.2, -0.15) is 0 Å². The van der Waals surface area contributed by atoms with Gasteiger partial charge in [0.15, 0.2) is 0 Å².